The van der Waals surface area contributed by atoms with Crippen LogP contribution in [0, 0.1) is 5.92 Å². The fourth-order valence-corrected chi connectivity index (χ4v) is 3.04. The number of hydrogen-bond acceptors (Lipinski definition) is 3. The molecule has 2 aliphatic rings. The minimum atomic E-state index is -0.0448. The van der Waals surface area contributed by atoms with E-state index in [1.807, 2.05) is 19.1 Å². The van der Waals surface area contributed by atoms with Crippen LogP contribution in [-0.4, -0.2) is 18.0 Å². The highest BCUT2D eigenvalue weighted by molar-refractivity contribution is 5.80. The molecule has 0 spiro atoms. The minimum absolute atomic E-state index is 0.0448. The van der Waals surface area contributed by atoms with Crippen LogP contribution in [0.25, 0.3) is 0 Å². The number of nitrogens with one attached hydrogen (secondary N) is 2. The molecule has 1 amide bonds. The fraction of sp³-hybridized carbons (Fsp3) is 0.615. The second-order valence-corrected chi connectivity index (χ2v) is 5.14. The van der Waals surface area contributed by atoms with Crippen molar-refractivity contribution in [2.45, 2.75) is 44.3 Å². The number of rotatable bonds is 3. The van der Waals surface area contributed by atoms with Gasteiger partial charge in [-0.2, -0.15) is 0 Å². The summed E-state index contributed by atoms with van der Waals surface area (Å²) in [5.74, 6) is 1.12. The average molecular weight is 234 g/mol. The summed E-state index contributed by atoms with van der Waals surface area (Å²) < 4.78 is 5.29. The van der Waals surface area contributed by atoms with E-state index in [9.17, 15) is 4.79 Å². The molecule has 2 saturated heterocycles. The van der Waals surface area contributed by atoms with Crippen LogP contribution < -0.4 is 10.6 Å². The summed E-state index contributed by atoms with van der Waals surface area (Å²) in [6.07, 6.45) is 4.98. The molecule has 1 aromatic heterocycles. The number of amides is 1. The van der Waals surface area contributed by atoms with Gasteiger partial charge in [0.25, 0.3) is 0 Å². The largest absolute Gasteiger partial charge is 0.467 e. The maximum absolute atomic E-state index is 12.1. The van der Waals surface area contributed by atoms with E-state index < -0.39 is 0 Å². The molecule has 2 N–H and O–H groups in total. The highest BCUT2D eigenvalue weighted by Gasteiger charge is 2.42. The molecule has 0 saturated carbocycles. The first-order valence-corrected chi connectivity index (χ1v) is 6.34. The fourth-order valence-electron chi connectivity index (χ4n) is 3.04. The number of fused-ring (bicyclic) bond motifs is 2. The molecule has 3 rings (SSSR count). The third-order valence-corrected chi connectivity index (χ3v) is 3.97. The van der Waals surface area contributed by atoms with Crippen LogP contribution in [0.1, 0.15) is 38.0 Å². The first kappa shape index (κ1) is 10.8. The van der Waals surface area contributed by atoms with Crippen molar-refractivity contribution in [3.05, 3.63) is 24.2 Å². The Morgan fingerprint density at radius 1 is 1.59 bits per heavy atom. The van der Waals surface area contributed by atoms with Crippen molar-refractivity contribution in [3.8, 4) is 0 Å². The summed E-state index contributed by atoms with van der Waals surface area (Å²) in [4.78, 5) is 12.1. The standard InChI is InChI=1S/C13H18N2O2/c1-8(12-3-2-6-17-12)14-13(16)10-7-9-4-5-11(10)15-9/h2-3,6,8-11,15H,4-5,7H2,1H3,(H,14,16)/t8-,9?,10?,11?/m1/s1. The van der Waals surface area contributed by atoms with Crippen LogP contribution >= 0.6 is 0 Å². The summed E-state index contributed by atoms with van der Waals surface area (Å²) in [7, 11) is 0. The Hall–Kier alpha value is -1.29. The molecule has 2 bridgehead atoms. The first-order valence-electron chi connectivity index (χ1n) is 6.34. The van der Waals surface area contributed by atoms with Gasteiger partial charge in [0.15, 0.2) is 0 Å². The number of furan rings is 1. The molecule has 2 fully saturated rings. The van der Waals surface area contributed by atoms with Crippen molar-refractivity contribution in [2.75, 3.05) is 0 Å². The Labute approximate surface area is 101 Å². The maximum Gasteiger partial charge on any atom is 0.225 e. The van der Waals surface area contributed by atoms with Crippen molar-refractivity contribution in [1.29, 1.82) is 0 Å². The number of carbonyl (C=O) groups excluding carboxylic acids is 1. The van der Waals surface area contributed by atoms with Crippen molar-refractivity contribution in [3.63, 3.8) is 0 Å². The maximum atomic E-state index is 12.1. The van der Waals surface area contributed by atoms with E-state index in [1.165, 1.54) is 6.42 Å². The molecule has 4 heteroatoms. The van der Waals surface area contributed by atoms with Crippen LogP contribution in [0.3, 0.4) is 0 Å². The average Bonchev–Trinajstić information content (AvgIpc) is 3.05. The van der Waals surface area contributed by atoms with Crippen molar-refractivity contribution in [1.82, 2.24) is 10.6 Å². The van der Waals surface area contributed by atoms with Gasteiger partial charge in [0, 0.05) is 12.1 Å². The molecule has 3 unspecified atom stereocenters. The molecular formula is C13H18N2O2. The van der Waals surface area contributed by atoms with Crippen LogP contribution in [0.2, 0.25) is 0 Å². The third kappa shape index (κ3) is 1.97. The van der Waals surface area contributed by atoms with Gasteiger partial charge in [0.05, 0.1) is 18.2 Å². The predicted octanol–water partition coefficient (Wildman–Crippen LogP) is 1.60. The van der Waals surface area contributed by atoms with E-state index in [-0.39, 0.29) is 17.9 Å². The van der Waals surface area contributed by atoms with Gasteiger partial charge in [-0.3, -0.25) is 4.79 Å². The number of carbonyl (C=O) groups is 1. The molecule has 2 aliphatic heterocycles. The smallest absolute Gasteiger partial charge is 0.225 e. The molecular weight excluding hydrogens is 216 g/mol. The molecule has 4 nitrogen and oxygen atoms in total. The number of hydrogen-bond donors (Lipinski definition) is 2. The Balaban J connectivity index is 1.60. The molecule has 0 aliphatic carbocycles. The van der Waals surface area contributed by atoms with Crippen LogP contribution in [0.5, 0.6) is 0 Å². The monoisotopic (exact) mass is 234 g/mol. The van der Waals surface area contributed by atoms with Crippen molar-refractivity contribution in [2.24, 2.45) is 5.92 Å². The Morgan fingerprint density at radius 3 is 3.06 bits per heavy atom. The molecule has 92 valence electrons. The summed E-state index contributed by atoms with van der Waals surface area (Å²) in [6.45, 7) is 1.96. The van der Waals surface area contributed by atoms with E-state index in [0.717, 1.165) is 18.6 Å². The van der Waals surface area contributed by atoms with E-state index in [1.54, 1.807) is 6.26 Å². The lowest BCUT2D eigenvalue weighted by molar-refractivity contribution is -0.126. The summed E-state index contributed by atoms with van der Waals surface area (Å²) in [5.41, 5.74) is 0. The zero-order valence-electron chi connectivity index (χ0n) is 9.98. The normalized spacial score (nSPS) is 32.6. The van der Waals surface area contributed by atoms with Gasteiger partial charge in [-0.25, -0.2) is 0 Å². The lowest BCUT2D eigenvalue weighted by Crippen LogP contribution is -2.38. The molecule has 3 heterocycles. The van der Waals surface area contributed by atoms with Gasteiger partial charge < -0.3 is 15.1 Å². The third-order valence-electron chi connectivity index (χ3n) is 3.97. The molecule has 0 radical (unpaired) electrons. The molecule has 0 aromatic carbocycles. The van der Waals surface area contributed by atoms with E-state index in [2.05, 4.69) is 10.6 Å². The van der Waals surface area contributed by atoms with Gasteiger partial charge in [0.2, 0.25) is 5.91 Å². The Kier molecular flexibility index (Phi) is 2.67. The van der Waals surface area contributed by atoms with Crippen LogP contribution in [-0.2, 0) is 4.79 Å². The second-order valence-electron chi connectivity index (χ2n) is 5.14. The lowest BCUT2D eigenvalue weighted by Gasteiger charge is -2.21. The SMILES string of the molecule is C[C@@H](NC(=O)C1CC2CCC1N2)c1ccco1. The Bertz CT molecular complexity index is 402. The zero-order chi connectivity index (χ0) is 11.8. The van der Waals surface area contributed by atoms with Crippen LogP contribution in [0.4, 0.5) is 0 Å². The summed E-state index contributed by atoms with van der Waals surface area (Å²) in [5, 5.41) is 6.52. The van der Waals surface area contributed by atoms with E-state index in [0.29, 0.717) is 12.1 Å². The van der Waals surface area contributed by atoms with E-state index in [4.69, 9.17) is 4.42 Å². The molecule has 1 aromatic rings. The molecule has 17 heavy (non-hydrogen) atoms. The van der Waals surface area contributed by atoms with Gasteiger partial charge in [-0.05, 0) is 38.3 Å². The minimum Gasteiger partial charge on any atom is -0.467 e. The predicted molar refractivity (Wildman–Crippen MR) is 63.3 cm³/mol. The van der Waals surface area contributed by atoms with Gasteiger partial charge in [0.1, 0.15) is 5.76 Å². The van der Waals surface area contributed by atoms with Gasteiger partial charge >= 0.3 is 0 Å². The topological polar surface area (TPSA) is 54.3 Å². The molecule has 4 atom stereocenters. The first-order chi connectivity index (χ1) is 8.24. The highest BCUT2D eigenvalue weighted by Crippen LogP contribution is 2.33. The van der Waals surface area contributed by atoms with Crippen molar-refractivity contribution >= 4 is 5.91 Å². The summed E-state index contributed by atoms with van der Waals surface area (Å²) in [6, 6.07) is 4.65. The van der Waals surface area contributed by atoms with Crippen molar-refractivity contribution < 1.29 is 9.21 Å². The van der Waals surface area contributed by atoms with E-state index >= 15 is 0 Å². The highest BCUT2D eigenvalue weighted by atomic mass is 16.3. The second kappa shape index (κ2) is 4.18. The summed E-state index contributed by atoms with van der Waals surface area (Å²) >= 11 is 0. The lowest BCUT2D eigenvalue weighted by atomic mass is 9.88. The van der Waals surface area contributed by atoms with Gasteiger partial charge in [-0.1, -0.05) is 0 Å². The Morgan fingerprint density at radius 2 is 2.47 bits per heavy atom. The quantitative estimate of drug-likeness (QED) is 0.835. The van der Waals surface area contributed by atoms with Gasteiger partial charge in [-0.15, -0.1) is 0 Å². The zero-order valence-corrected chi connectivity index (χ0v) is 9.98. The van der Waals surface area contributed by atoms with Crippen LogP contribution in [0.15, 0.2) is 22.8 Å².